The average Bonchev–Trinajstić information content (AvgIpc) is 2.90. The molecule has 20 heavy (non-hydrogen) atoms. The summed E-state index contributed by atoms with van der Waals surface area (Å²) in [5.41, 5.74) is 0.899. The number of nitriles is 1. The lowest BCUT2D eigenvalue weighted by molar-refractivity contribution is 0.0688. The van der Waals surface area contributed by atoms with Crippen molar-refractivity contribution in [2.45, 2.75) is 0 Å². The van der Waals surface area contributed by atoms with E-state index in [0.29, 0.717) is 0 Å². The maximum atomic E-state index is 11.4. The smallest absolute Gasteiger partial charge is 0.354 e. The van der Waals surface area contributed by atoms with E-state index in [9.17, 15) is 9.90 Å². The van der Waals surface area contributed by atoms with Crippen LogP contribution in [0, 0.1) is 11.3 Å². The van der Waals surface area contributed by atoms with Crippen molar-refractivity contribution >= 4 is 16.7 Å². The molecule has 0 saturated carbocycles. The summed E-state index contributed by atoms with van der Waals surface area (Å²) in [6.45, 7) is 0. The molecule has 1 N–H and O–H groups in total. The molecule has 4 heteroatoms. The Morgan fingerprint density at radius 1 is 1.10 bits per heavy atom. The number of hydrogen-bond donors (Lipinski definition) is 1. The van der Waals surface area contributed by atoms with Crippen molar-refractivity contribution < 1.29 is 9.90 Å². The maximum Gasteiger partial charge on any atom is 0.354 e. The summed E-state index contributed by atoms with van der Waals surface area (Å²) < 4.78 is 1.54. The molecule has 0 unspecified atom stereocenters. The van der Waals surface area contributed by atoms with Gasteiger partial charge in [-0.3, -0.25) is 0 Å². The van der Waals surface area contributed by atoms with E-state index < -0.39 is 5.97 Å². The number of fused-ring (bicyclic) bond motifs is 1. The molecule has 0 aliphatic carbocycles. The Morgan fingerprint density at radius 2 is 1.85 bits per heavy atom. The van der Waals surface area contributed by atoms with Crippen LogP contribution in [-0.4, -0.2) is 15.6 Å². The van der Waals surface area contributed by atoms with Gasteiger partial charge in [-0.15, -0.1) is 0 Å². The molecule has 0 fully saturated rings. The predicted molar refractivity (Wildman–Crippen MR) is 74.9 cm³/mol. The Balaban J connectivity index is 2.35. The number of benzene rings is 2. The van der Waals surface area contributed by atoms with Crippen LogP contribution in [0.5, 0.6) is 0 Å². The molecule has 0 aliphatic rings. The first-order chi connectivity index (χ1) is 9.72. The third kappa shape index (κ3) is 1.73. The fraction of sp³-hybridized carbons (Fsp3) is 0. The Labute approximate surface area is 115 Å². The van der Waals surface area contributed by atoms with Crippen LogP contribution in [0.1, 0.15) is 16.1 Å². The van der Waals surface area contributed by atoms with Crippen LogP contribution in [0.25, 0.3) is 16.5 Å². The molecule has 0 radical (unpaired) electrons. The molecule has 0 amide bonds. The summed E-state index contributed by atoms with van der Waals surface area (Å²) in [4.78, 5) is 11.4. The first kappa shape index (κ1) is 12.0. The largest absolute Gasteiger partial charge is 0.477 e. The van der Waals surface area contributed by atoms with E-state index in [1.54, 1.807) is 10.8 Å². The van der Waals surface area contributed by atoms with E-state index in [-0.39, 0.29) is 11.3 Å². The molecule has 4 nitrogen and oxygen atoms in total. The van der Waals surface area contributed by atoms with Gasteiger partial charge in [0.05, 0.1) is 11.3 Å². The highest BCUT2D eigenvalue weighted by molar-refractivity contribution is 5.94. The summed E-state index contributed by atoms with van der Waals surface area (Å²) in [5, 5.41) is 20.3. The minimum atomic E-state index is -1.11. The van der Waals surface area contributed by atoms with Crippen LogP contribution in [0.3, 0.4) is 0 Å². The first-order valence-corrected chi connectivity index (χ1v) is 6.05. The number of carbonyl (C=O) groups is 1. The van der Waals surface area contributed by atoms with Crippen molar-refractivity contribution in [1.82, 2.24) is 4.57 Å². The summed E-state index contributed by atoms with van der Waals surface area (Å²) >= 11 is 0. The Morgan fingerprint density at radius 3 is 2.60 bits per heavy atom. The quantitative estimate of drug-likeness (QED) is 0.771. The van der Waals surface area contributed by atoms with Crippen molar-refractivity contribution in [1.29, 1.82) is 5.26 Å². The van der Waals surface area contributed by atoms with Gasteiger partial charge in [0, 0.05) is 11.6 Å². The fourth-order valence-corrected chi connectivity index (χ4v) is 2.36. The maximum absolute atomic E-state index is 11.4. The van der Waals surface area contributed by atoms with Crippen molar-refractivity contribution in [2.24, 2.45) is 0 Å². The standard InChI is InChI=1S/C16H10N2O2/c17-10-12-8-9-18(15(12)16(19)20)14-7-3-5-11-4-1-2-6-13(11)14/h1-9H,(H,19,20). The van der Waals surface area contributed by atoms with Crippen molar-refractivity contribution in [3.05, 3.63) is 66.0 Å². The van der Waals surface area contributed by atoms with E-state index in [1.165, 1.54) is 6.07 Å². The van der Waals surface area contributed by atoms with Crippen molar-refractivity contribution in [3.63, 3.8) is 0 Å². The van der Waals surface area contributed by atoms with Gasteiger partial charge in [0.15, 0.2) is 0 Å². The van der Waals surface area contributed by atoms with Crippen LogP contribution in [-0.2, 0) is 0 Å². The molecule has 0 saturated heterocycles. The lowest BCUT2D eigenvalue weighted by atomic mass is 10.1. The van der Waals surface area contributed by atoms with Gasteiger partial charge in [0.2, 0.25) is 0 Å². The van der Waals surface area contributed by atoms with Crippen LogP contribution < -0.4 is 0 Å². The molecule has 3 rings (SSSR count). The molecular formula is C16H10N2O2. The average molecular weight is 262 g/mol. The molecule has 0 spiro atoms. The van der Waals surface area contributed by atoms with Gasteiger partial charge in [-0.25, -0.2) is 4.79 Å². The minimum absolute atomic E-state index is 0.0103. The van der Waals surface area contributed by atoms with E-state index in [1.807, 2.05) is 48.5 Å². The van der Waals surface area contributed by atoms with Gasteiger partial charge in [0.1, 0.15) is 11.8 Å². The normalized spacial score (nSPS) is 10.3. The zero-order chi connectivity index (χ0) is 14.1. The summed E-state index contributed by atoms with van der Waals surface area (Å²) in [5.74, 6) is -1.11. The number of aromatic nitrogens is 1. The fourth-order valence-electron chi connectivity index (χ4n) is 2.36. The summed E-state index contributed by atoms with van der Waals surface area (Å²) in [6, 6.07) is 16.8. The SMILES string of the molecule is N#Cc1ccn(-c2cccc3ccccc23)c1C(=O)O. The zero-order valence-electron chi connectivity index (χ0n) is 10.4. The molecule has 1 aromatic heterocycles. The first-order valence-electron chi connectivity index (χ1n) is 6.05. The van der Waals surface area contributed by atoms with E-state index in [2.05, 4.69) is 0 Å². The van der Waals surface area contributed by atoms with Gasteiger partial charge >= 0.3 is 5.97 Å². The Bertz CT molecular complexity index is 851. The minimum Gasteiger partial charge on any atom is -0.477 e. The number of nitrogens with zero attached hydrogens (tertiary/aromatic N) is 2. The molecule has 1 heterocycles. The number of carboxylic acid groups (broad SMARTS) is 1. The van der Waals surface area contributed by atoms with Gasteiger partial charge in [0.25, 0.3) is 0 Å². The van der Waals surface area contributed by atoms with Crippen LogP contribution in [0.4, 0.5) is 0 Å². The van der Waals surface area contributed by atoms with Gasteiger partial charge < -0.3 is 9.67 Å². The highest BCUT2D eigenvalue weighted by atomic mass is 16.4. The van der Waals surface area contributed by atoms with E-state index in [4.69, 9.17) is 5.26 Å². The number of rotatable bonds is 2. The lowest BCUT2D eigenvalue weighted by Gasteiger charge is -2.10. The van der Waals surface area contributed by atoms with Gasteiger partial charge in [-0.2, -0.15) is 5.26 Å². The molecule has 0 aliphatic heterocycles. The van der Waals surface area contributed by atoms with Gasteiger partial charge in [-0.1, -0.05) is 36.4 Å². The number of hydrogen-bond acceptors (Lipinski definition) is 2. The molecular weight excluding hydrogens is 252 g/mol. The second-order valence-corrected chi connectivity index (χ2v) is 4.36. The Hall–Kier alpha value is -3.06. The second kappa shape index (κ2) is 4.56. The van der Waals surface area contributed by atoms with Crippen LogP contribution in [0.15, 0.2) is 54.7 Å². The highest BCUT2D eigenvalue weighted by Gasteiger charge is 2.18. The molecule has 0 atom stereocenters. The monoisotopic (exact) mass is 262 g/mol. The van der Waals surface area contributed by atoms with Crippen molar-refractivity contribution in [3.8, 4) is 11.8 Å². The summed E-state index contributed by atoms with van der Waals surface area (Å²) in [6.07, 6.45) is 1.61. The van der Waals surface area contributed by atoms with E-state index in [0.717, 1.165) is 16.5 Å². The lowest BCUT2D eigenvalue weighted by Crippen LogP contribution is -2.08. The topological polar surface area (TPSA) is 66.0 Å². The predicted octanol–water partition coefficient (Wildman–Crippen LogP) is 3.20. The molecule has 3 aromatic rings. The third-order valence-corrected chi connectivity index (χ3v) is 3.24. The third-order valence-electron chi connectivity index (χ3n) is 3.24. The molecule has 2 aromatic carbocycles. The zero-order valence-corrected chi connectivity index (χ0v) is 10.4. The second-order valence-electron chi connectivity index (χ2n) is 4.36. The Kier molecular flexibility index (Phi) is 2.73. The van der Waals surface area contributed by atoms with Gasteiger partial charge in [-0.05, 0) is 17.5 Å². The molecule has 0 bridgehead atoms. The number of aromatic carboxylic acids is 1. The number of carboxylic acids is 1. The van der Waals surface area contributed by atoms with Crippen LogP contribution in [0.2, 0.25) is 0 Å². The summed E-state index contributed by atoms with van der Waals surface area (Å²) in [7, 11) is 0. The van der Waals surface area contributed by atoms with Crippen LogP contribution >= 0.6 is 0 Å². The van der Waals surface area contributed by atoms with E-state index >= 15 is 0 Å². The van der Waals surface area contributed by atoms with Crippen molar-refractivity contribution in [2.75, 3.05) is 0 Å². The molecule has 96 valence electrons. The highest BCUT2D eigenvalue weighted by Crippen LogP contribution is 2.25.